The number of carbonyl (C=O) groups is 2. The monoisotopic (exact) mass is 780 g/mol. The van der Waals surface area contributed by atoms with Crippen molar-refractivity contribution in [2.24, 2.45) is 0 Å². The van der Waals surface area contributed by atoms with Gasteiger partial charge in [0.2, 0.25) is 0 Å². The molecular weight excluding hydrogens is 750 g/mol. The Balaban J connectivity index is 1.54. The second-order valence-electron chi connectivity index (χ2n) is 12.3. The Labute approximate surface area is 289 Å². The van der Waals surface area contributed by atoms with Crippen molar-refractivity contribution in [1.29, 1.82) is 0 Å². The van der Waals surface area contributed by atoms with E-state index in [1.54, 1.807) is 0 Å². The van der Waals surface area contributed by atoms with E-state index in [1.807, 2.05) is 0 Å². The quantitative estimate of drug-likeness (QED) is 0.124. The van der Waals surface area contributed by atoms with Gasteiger partial charge in [-0.25, -0.2) is 9.59 Å². The van der Waals surface area contributed by atoms with E-state index >= 15 is 26.3 Å². The van der Waals surface area contributed by atoms with E-state index in [2.05, 4.69) is 0 Å². The first-order chi connectivity index (χ1) is 23.4. The van der Waals surface area contributed by atoms with E-state index < -0.39 is 145 Å². The van der Waals surface area contributed by atoms with Gasteiger partial charge in [0.1, 0.15) is 70.8 Å². The van der Waals surface area contributed by atoms with Crippen LogP contribution in [-0.2, 0) is 9.47 Å². The van der Waals surface area contributed by atoms with Crippen LogP contribution in [0.1, 0.15) is 40.2 Å². The van der Waals surface area contributed by atoms with E-state index in [9.17, 15) is 60.7 Å². The molecule has 2 saturated carbocycles. The number of aliphatic hydroxyl groups excluding tert-OH is 10. The number of rotatable bonds is 6. The Morgan fingerprint density at radius 2 is 0.922 bits per heavy atom. The molecule has 10 N–H and O–H groups in total. The summed E-state index contributed by atoms with van der Waals surface area (Å²) in [5.41, 5.74) is -5.30. The van der Waals surface area contributed by atoms with Crippen LogP contribution in [0.2, 0.25) is 0 Å². The second kappa shape index (κ2) is 13.3. The molecule has 2 heterocycles. The lowest BCUT2D eigenvalue weighted by Crippen LogP contribution is -2.64. The third kappa shape index (κ3) is 5.98. The smallest absolute Gasteiger partial charge is 0.380 e. The number of allylic oxidation sites excluding steroid dienone is 2. The van der Waals surface area contributed by atoms with Crippen molar-refractivity contribution in [3.63, 3.8) is 0 Å². The zero-order chi connectivity index (χ0) is 38.4. The molecule has 51 heavy (non-hydrogen) atoms. The predicted molar refractivity (Wildman–Crippen MR) is 158 cm³/mol. The van der Waals surface area contributed by atoms with Crippen molar-refractivity contribution >= 4 is 45.8 Å². The lowest BCUT2D eigenvalue weighted by Gasteiger charge is -2.40. The molecular formula is C29H30F6O14S2. The fourth-order valence-corrected chi connectivity index (χ4v) is 8.13. The van der Waals surface area contributed by atoms with Crippen LogP contribution in [-0.4, -0.2) is 154 Å². The number of ether oxygens (including phenoxy) is 2. The van der Waals surface area contributed by atoms with Gasteiger partial charge in [0, 0.05) is 15.3 Å². The topological polar surface area (TPSA) is 255 Å². The highest BCUT2D eigenvalue weighted by Gasteiger charge is 2.80. The first kappa shape index (κ1) is 39.5. The Morgan fingerprint density at radius 1 is 0.569 bits per heavy atom. The Bertz CT molecular complexity index is 1580. The van der Waals surface area contributed by atoms with Gasteiger partial charge < -0.3 is 60.5 Å². The number of carbonyl (C=O) groups excluding carboxylic acids is 2. The fraction of sp³-hybridized carbons (Fsp3) is 0.586. The zero-order valence-electron chi connectivity index (χ0n) is 25.8. The van der Waals surface area contributed by atoms with Gasteiger partial charge in [-0.05, 0) is 37.1 Å². The van der Waals surface area contributed by atoms with Crippen molar-refractivity contribution in [2.75, 3.05) is 0 Å². The number of aliphatic hydroxyl groups is 10. The fourth-order valence-electron chi connectivity index (χ4n) is 6.08. The van der Waals surface area contributed by atoms with Crippen molar-refractivity contribution < 1.29 is 96.5 Å². The summed E-state index contributed by atoms with van der Waals surface area (Å²) in [6.45, 7) is 2.00. The van der Waals surface area contributed by atoms with Crippen LogP contribution in [0.5, 0.6) is 0 Å². The Hall–Kier alpha value is -2.74. The van der Waals surface area contributed by atoms with Crippen LogP contribution >= 0.6 is 22.7 Å². The second-order valence-corrected chi connectivity index (χ2v) is 14.6. The van der Waals surface area contributed by atoms with Gasteiger partial charge >= 0.3 is 29.7 Å². The maximum absolute atomic E-state index is 15.5. The zero-order valence-corrected chi connectivity index (χ0v) is 27.4. The highest BCUT2D eigenvalue weighted by molar-refractivity contribution is 7.15. The van der Waals surface area contributed by atoms with Gasteiger partial charge in [0.25, 0.3) is 0 Å². The minimum atomic E-state index is -6.08. The van der Waals surface area contributed by atoms with Gasteiger partial charge in [0.05, 0.1) is 5.57 Å². The maximum Gasteiger partial charge on any atom is 0.380 e. The number of thiophene rings is 2. The number of hydrogen-bond acceptors (Lipinski definition) is 16. The summed E-state index contributed by atoms with van der Waals surface area (Å²) in [6, 6.07) is 1.28. The molecule has 0 saturated heterocycles. The minimum absolute atomic E-state index is 0.0249. The molecule has 3 aliphatic rings. The predicted octanol–water partition coefficient (Wildman–Crippen LogP) is -1.06. The Morgan fingerprint density at radius 3 is 1.33 bits per heavy atom. The summed E-state index contributed by atoms with van der Waals surface area (Å²) < 4.78 is 102. The highest BCUT2D eigenvalue weighted by atomic mass is 32.1. The molecule has 2 aromatic heterocycles. The number of halogens is 6. The lowest BCUT2D eigenvalue weighted by molar-refractivity contribution is -0.254. The molecule has 22 heteroatoms. The molecule has 0 amide bonds. The van der Waals surface area contributed by atoms with Gasteiger partial charge in [-0.15, -0.1) is 22.7 Å². The molecule has 12 atom stereocenters. The first-order valence-corrected chi connectivity index (χ1v) is 16.4. The summed E-state index contributed by atoms with van der Waals surface area (Å²) >= 11 is 0.264. The molecule has 0 bridgehead atoms. The summed E-state index contributed by atoms with van der Waals surface area (Å²) in [6.07, 6.45) is -25.6. The number of alkyl halides is 6. The van der Waals surface area contributed by atoms with Crippen molar-refractivity contribution in [2.45, 2.75) is 105 Å². The molecule has 0 aliphatic heterocycles. The number of aryl methyl sites for hydroxylation is 2. The lowest BCUT2D eigenvalue weighted by atomic mass is 9.85. The Kier molecular flexibility index (Phi) is 10.3. The van der Waals surface area contributed by atoms with Crippen molar-refractivity contribution in [1.82, 2.24) is 0 Å². The van der Waals surface area contributed by atoms with Crippen LogP contribution in [0, 0.1) is 13.8 Å². The molecule has 14 nitrogen and oxygen atoms in total. The van der Waals surface area contributed by atoms with Crippen molar-refractivity contribution in [3.05, 3.63) is 42.8 Å². The van der Waals surface area contributed by atoms with E-state index in [0.29, 0.717) is 6.07 Å². The van der Waals surface area contributed by atoms with E-state index in [4.69, 9.17) is 9.47 Å². The summed E-state index contributed by atoms with van der Waals surface area (Å²) in [4.78, 5) is 23.1. The summed E-state index contributed by atoms with van der Waals surface area (Å²) in [5.74, 6) is -20.4. The largest absolute Gasteiger partial charge is 0.452 e. The molecule has 0 spiro atoms. The maximum atomic E-state index is 15.5. The normalized spacial score (nSPS) is 37.4. The van der Waals surface area contributed by atoms with Gasteiger partial charge in [-0.3, -0.25) is 0 Å². The average molecular weight is 781 g/mol. The van der Waals surface area contributed by atoms with Gasteiger partial charge in [-0.2, -0.15) is 26.3 Å². The van der Waals surface area contributed by atoms with Crippen molar-refractivity contribution in [3.8, 4) is 0 Å². The number of esters is 2. The molecule has 4 unspecified atom stereocenters. The minimum Gasteiger partial charge on any atom is -0.452 e. The van der Waals surface area contributed by atoms with E-state index in [-0.39, 0.29) is 22.7 Å². The van der Waals surface area contributed by atoms with Gasteiger partial charge in [0.15, 0.2) is 12.2 Å². The molecule has 3 aliphatic carbocycles. The SMILES string of the molecule is Cc1cc(C(=O)OC2[C@@H](O)[C@H](O)C(O)[C@H](O)[C@H]2O)sc1C1=C(c2cc(C(=O)OC3[C@@H](O)[C@H](O)C(O)[C@H](O)[C@H]3O)sc2C)C(F)(F)C(F)(F)C1(F)F. The summed E-state index contributed by atoms with van der Waals surface area (Å²) in [5, 5.41) is 99.7. The van der Waals surface area contributed by atoms with Gasteiger partial charge in [-0.1, -0.05) is 0 Å². The first-order valence-electron chi connectivity index (χ1n) is 14.7. The van der Waals surface area contributed by atoms with Crippen LogP contribution < -0.4 is 0 Å². The number of hydrogen-bond donors (Lipinski definition) is 10. The summed E-state index contributed by atoms with van der Waals surface area (Å²) in [7, 11) is 0. The third-order valence-corrected chi connectivity index (χ3v) is 11.3. The molecule has 0 aromatic carbocycles. The molecule has 284 valence electrons. The molecule has 0 radical (unpaired) electrons. The molecule has 5 rings (SSSR count). The van der Waals surface area contributed by atoms with Crippen LogP contribution in [0.15, 0.2) is 12.1 Å². The molecule has 2 fully saturated rings. The molecule has 2 aromatic rings. The van der Waals surface area contributed by atoms with Crippen LogP contribution in [0.25, 0.3) is 11.1 Å². The standard InChI is InChI=1S/C29H30F6O14S2/c1-5-3-8(25(46)48-22-18(42)14(38)12(36)15(39)19(22)43)51-24(5)11-10(27(30,31)29(34,35)28(11,32)33)7-4-9(50-6(7)2)26(47)49-23-20(44)16(40)13(37)17(41)21(23)45/h3-4,12-23,36-45H,1-2H3/t12?,13?,14-,15+,16-,17+,18+,19-,20+,21-,22?,23?. The van der Waals surface area contributed by atoms with E-state index in [0.717, 1.165) is 19.9 Å². The van der Waals surface area contributed by atoms with E-state index in [1.165, 1.54) is 0 Å². The van der Waals surface area contributed by atoms with Crippen LogP contribution in [0.3, 0.4) is 0 Å². The average Bonchev–Trinajstić information content (AvgIpc) is 3.67. The highest BCUT2D eigenvalue weighted by Crippen LogP contribution is 2.66. The van der Waals surface area contributed by atoms with Crippen LogP contribution in [0.4, 0.5) is 26.3 Å². The third-order valence-electron chi connectivity index (χ3n) is 9.03.